The van der Waals surface area contributed by atoms with Crippen LogP contribution >= 0.6 is 11.3 Å². The maximum atomic E-state index is 12.2. The molecule has 2 fully saturated rings. The first-order chi connectivity index (χ1) is 10.6. The first kappa shape index (κ1) is 14.9. The normalized spacial score (nSPS) is 22.9. The zero-order valence-electron chi connectivity index (χ0n) is 12.1. The molecule has 0 bridgehead atoms. The molecule has 7 heteroatoms. The summed E-state index contributed by atoms with van der Waals surface area (Å²) >= 11 is 1.67. The van der Waals surface area contributed by atoms with Gasteiger partial charge in [0.1, 0.15) is 0 Å². The van der Waals surface area contributed by atoms with E-state index in [9.17, 15) is 14.4 Å². The van der Waals surface area contributed by atoms with Gasteiger partial charge in [0.15, 0.2) is 0 Å². The second kappa shape index (κ2) is 6.02. The molecule has 0 radical (unpaired) electrons. The molecule has 2 saturated heterocycles. The van der Waals surface area contributed by atoms with Gasteiger partial charge < -0.3 is 0 Å². The lowest BCUT2D eigenvalue weighted by Gasteiger charge is -2.27. The molecule has 1 atom stereocenters. The van der Waals surface area contributed by atoms with E-state index >= 15 is 0 Å². The van der Waals surface area contributed by atoms with Gasteiger partial charge in [-0.2, -0.15) is 0 Å². The third-order valence-electron chi connectivity index (χ3n) is 4.01. The van der Waals surface area contributed by atoms with E-state index in [-0.39, 0.29) is 19.3 Å². The number of carbonyl (C=O) groups is 3. The second-order valence-electron chi connectivity index (χ2n) is 5.35. The van der Waals surface area contributed by atoms with Crippen molar-refractivity contribution in [1.29, 1.82) is 0 Å². The highest BCUT2D eigenvalue weighted by Gasteiger charge is 2.45. The van der Waals surface area contributed by atoms with E-state index in [1.807, 2.05) is 11.4 Å². The summed E-state index contributed by atoms with van der Waals surface area (Å²) in [6.45, 7) is 4.55. The molecule has 22 heavy (non-hydrogen) atoms. The van der Waals surface area contributed by atoms with Crippen LogP contribution in [0.15, 0.2) is 30.2 Å². The molecule has 1 aromatic rings. The van der Waals surface area contributed by atoms with Gasteiger partial charge in [0.25, 0.3) is 0 Å². The average Bonchev–Trinajstić information content (AvgIpc) is 3.21. The Morgan fingerprint density at radius 3 is 2.73 bits per heavy atom. The fraction of sp³-hybridized carbons (Fsp3) is 0.400. The summed E-state index contributed by atoms with van der Waals surface area (Å²) < 4.78 is 0. The molecule has 0 saturated carbocycles. The molecule has 116 valence electrons. The summed E-state index contributed by atoms with van der Waals surface area (Å²) in [6, 6.07) is 3.73. The van der Waals surface area contributed by atoms with Crippen molar-refractivity contribution in [3.8, 4) is 0 Å². The topological polar surface area (TPSA) is 60.9 Å². The van der Waals surface area contributed by atoms with Gasteiger partial charge in [-0.3, -0.25) is 19.4 Å². The smallest absolute Gasteiger partial charge is 0.278 e. The molecule has 1 aromatic heterocycles. The molecule has 0 aliphatic carbocycles. The van der Waals surface area contributed by atoms with Crippen LogP contribution < -0.4 is 0 Å². The van der Waals surface area contributed by atoms with Crippen molar-refractivity contribution in [3.63, 3.8) is 0 Å². The molecule has 6 nitrogen and oxygen atoms in total. The predicted octanol–water partition coefficient (Wildman–Crippen LogP) is 1.82. The highest BCUT2D eigenvalue weighted by Crippen LogP contribution is 2.34. The number of thiophene rings is 1. The number of amides is 4. The highest BCUT2D eigenvalue weighted by molar-refractivity contribution is 7.10. The second-order valence-corrected chi connectivity index (χ2v) is 6.33. The van der Waals surface area contributed by atoms with Crippen LogP contribution in [0.2, 0.25) is 0 Å². The lowest BCUT2D eigenvalue weighted by atomic mass is 10.2. The summed E-state index contributed by atoms with van der Waals surface area (Å²) in [5.41, 5.74) is 0. The number of urea groups is 1. The summed E-state index contributed by atoms with van der Waals surface area (Å²) in [5.74, 6) is -1.51. The van der Waals surface area contributed by atoms with Gasteiger partial charge in [0.2, 0.25) is 0 Å². The lowest BCUT2D eigenvalue weighted by molar-refractivity contribution is -0.143. The van der Waals surface area contributed by atoms with Crippen LogP contribution in [0.5, 0.6) is 0 Å². The summed E-state index contributed by atoms with van der Waals surface area (Å²) in [7, 11) is 0. The quantitative estimate of drug-likeness (QED) is 0.472. The van der Waals surface area contributed by atoms with E-state index in [0.29, 0.717) is 0 Å². The van der Waals surface area contributed by atoms with Gasteiger partial charge >= 0.3 is 17.8 Å². The van der Waals surface area contributed by atoms with Crippen LogP contribution in [0.4, 0.5) is 4.79 Å². The summed E-state index contributed by atoms with van der Waals surface area (Å²) in [5, 5.41) is 2.02. The Labute approximate surface area is 132 Å². The molecule has 2 aliphatic heterocycles. The SMILES string of the molecule is C=CCN1C(=O)C(=O)N(CN2CCC[C@@H]2c2cccs2)C1=O. The van der Waals surface area contributed by atoms with Crippen LogP contribution in [0.1, 0.15) is 23.8 Å². The Bertz CT molecular complexity index is 614. The summed E-state index contributed by atoms with van der Waals surface area (Å²) in [4.78, 5) is 41.4. The van der Waals surface area contributed by atoms with E-state index in [4.69, 9.17) is 0 Å². The standard InChI is InChI=1S/C15H17N3O3S/c1-2-7-17-13(19)14(20)18(15(17)21)10-16-8-3-5-11(16)12-6-4-9-22-12/h2,4,6,9,11H,1,3,5,7-8,10H2/t11-/m1/s1. The van der Waals surface area contributed by atoms with Crippen LogP contribution in [-0.4, -0.2) is 52.3 Å². The van der Waals surface area contributed by atoms with Gasteiger partial charge in [-0.05, 0) is 24.3 Å². The number of hydrogen-bond acceptors (Lipinski definition) is 5. The maximum Gasteiger partial charge on any atom is 0.335 e. The zero-order valence-corrected chi connectivity index (χ0v) is 12.9. The Balaban J connectivity index is 1.75. The number of imide groups is 2. The Morgan fingerprint density at radius 1 is 1.27 bits per heavy atom. The van der Waals surface area contributed by atoms with Gasteiger partial charge in [0.05, 0.1) is 6.67 Å². The molecule has 3 rings (SSSR count). The molecular formula is C15H17N3O3S. The molecule has 0 N–H and O–H groups in total. The van der Waals surface area contributed by atoms with E-state index < -0.39 is 17.8 Å². The van der Waals surface area contributed by atoms with Crippen molar-refractivity contribution in [2.45, 2.75) is 18.9 Å². The largest absolute Gasteiger partial charge is 0.335 e. The van der Waals surface area contributed by atoms with Crippen molar-refractivity contribution >= 4 is 29.2 Å². The fourth-order valence-electron chi connectivity index (χ4n) is 2.95. The molecule has 2 aliphatic rings. The van der Waals surface area contributed by atoms with E-state index in [1.54, 1.807) is 11.3 Å². The number of rotatable bonds is 5. The first-order valence-electron chi connectivity index (χ1n) is 7.19. The average molecular weight is 319 g/mol. The summed E-state index contributed by atoms with van der Waals surface area (Å²) in [6.07, 6.45) is 3.46. The van der Waals surface area contributed by atoms with E-state index in [2.05, 4.69) is 17.5 Å². The van der Waals surface area contributed by atoms with Crippen LogP contribution in [-0.2, 0) is 9.59 Å². The van der Waals surface area contributed by atoms with Crippen LogP contribution in [0.3, 0.4) is 0 Å². The van der Waals surface area contributed by atoms with Crippen molar-refractivity contribution in [3.05, 3.63) is 35.0 Å². The van der Waals surface area contributed by atoms with Gasteiger partial charge in [-0.25, -0.2) is 9.69 Å². The third-order valence-corrected chi connectivity index (χ3v) is 4.98. The van der Waals surface area contributed by atoms with Gasteiger partial charge in [-0.1, -0.05) is 12.1 Å². The molecular weight excluding hydrogens is 302 g/mol. The molecule has 0 aromatic carbocycles. The van der Waals surface area contributed by atoms with Gasteiger partial charge in [-0.15, -0.1) is 17.9 Å². The van der Waals surface area contributed by atoms with Gasteiger partial charge in [0, 0.05) is 24.0 Å². The number of hydrogen-bond donors (Lipinski definition) is 0. The lowest BCUT2D eigenvalue weighted by Crippen LogP contribution is -2.42. The molecule has 0 unspecified atom stereocenters. The van der Waals surface area contributed by atoms with Crippen molar-refractivity contribution in [2.75, 3.05) is 19.8 Å². The monoisotopic (exact) mass is 319 g/mol. The van der Waals surface area contributed by atoms with E-state index in [1.165, 1.54) is 11.0 Å². The Kier molecular flexibility index (Phi) is 4.08. The first-order valence-corrected chi connectivity index (χ1v) is 8.07. The van der Waals surface area contributed by atoms with Crippen LogP contribution in [0.25, 0.3) is 0 Å². The Hall–Kier alpha value is -1.99. The highest BCUT2D eigenvalue weighted by atomic mass is 32.1. The minimum absolute atomic E-state index is 0.0637. The maximum absolute atomic E-state index is 12.2. The molecule has 3 heterocycles. The number of nitrogens with zero attached hydrogens (tertiary/aromatic N) is 3. The Morgan fingerprint density at radius 2 is 2.05 bits per heavy atom. The fourth-order valence-corrected chi connectivity index (χ4v) is 3.84. The molecule has 0 spiro atoms. The molecule has 4 amide bonds. The minimum Gasteiger partial charge on any atom is -0.278 e. The van der Waals surface area contributed by atoms with Crippen LogP contribution in [0, 0.1) is 0 Å². The van der Waals surface area contributed by atoms with Crippen molar-refractivity contribution in [1.82, 2.24) is 14.7 Å². The zero-order chi connectivity index (χ0) is 15.7. The number of carbonyl (C=O) groups excluding carboxylic acids is 3. The van der Waals surface area contributed by atoms with E-state index in [0.717, 1.165) is 29.2 Å². The van der Waals surface area contributed by atoms with Crippen molar-refractivity contribution in [2.24, 2.45) is 0 Å². The predicted molar refractivity (Wildman–Crippen MR) is 82.0 cm³/mol. The van der Waals surface area contributed by atoms with Crippen molar-refractivity contribution < 1.29 is 14.4 Å². The number of likely N-dealkylation sites (tertiary alicyclic amines) is 1. The minimum atomic E-state index is -0.767. The third kappa shape index (κ3) is 2.46.